The molecular weight excluding hydrogens is 328 g/mol. The van der Waals surface area contributed by atoms with Crippen LogP contribution >= 0.6 is 0 Å². The van der Waals surface area contributed by atoms with Crippen molar-refractivity contribution in [1.29, 1.82) is 0 Å². The van der Waals surface area contributed by atoms with Crippen molar-refractivity contribution in [3.8, 4) is 0 Å². The molecule has 0 aromatic heterocycles. The molecule has 1 aliphatic heterocycles. The van der Waals surface area contributed by atoms with E-state index >= 15 is 0 Å². The number of ether oxygens (including phenoxy) is 1. The SMILES string of the molecule is CC[C@H]1[C@@H](N(C)S(C)(=O)=O)C[C@@H](C)N1C(=O)OCc1ccccc1. The molecule has 6 nitrogen and oxygen atoms in total. The molecule has 134 valence electrons. The topological polar surface area (TPSA) is 66.9 Å². The van der Waals surface area contributed by atoms with E-state index in [-0.39, 0.29) is 30.8 Å². The molecule has 24 heavy (non-hydrogen) atoms. The molecule has 3 atom stereocenters. The van der Waals surface area contributed by atoms with Crippen LogP contribution in [-0.4, -0.2) is 55.1 Å². The molecule has 1 aromatic rings. The van der Waals surface area contributed by atoms with Gasteiger partial charge in [-0.3, -0.25) is 0 Å². The van der Waals surface area contributed by atoms with Gasteiger partial charge in [0.05, 0.1) is 12.3 Å². The lowest BCUT2D eigenvalue weighted by Crippen LogP contribution is -2.47. The van der Waals surface area contributed by atoms with Gasteiger partial charge in [-0.1, -0.05) is 37.3 Å². The maximum absolute atomic E-state index is 12.6. The van der Waals surface area contributed by atoms with Crippen LogP contribution in [0.4, 0.5) is 4.79 Å². The Hall–Kier alpha value is -1.60. The number of likely N-dealkylation sites (N-methyl/N-ethyl adjacent to an activating group) is 1. The fourth-order valence-electron chi connectivity index (χ4n) is 3.35. The molecule has 0 radical (unpaired) electrons. The van der Waals surface area contributed by atoms with Gasteiger partial charge in [-0.25, -0.2) is 17.5 Å². The summed E-state index contributed by atoms with van der Waals surface area (Å²) in [5.41, 5.74) is 0.926. The Morgan fingerprint density at radius 1 is 1.33 bits per heavy atom. The molecule has 0 saturated carbocycles. The number of sulfonamides is 1. The third kappa shape index (κ3) is 4.08. The predicted molar refractivity (Wildman–Crippen MR) is 93.0 cm³/mol. The zero-order valence-electron chi connectivity index (χ0n) is 14.7. The van der Waals surface area contributed by atoms with Crippen molar-refractivity contribution in [2.75, 3.05) is 13.3 Å². The van der Waals surface area contributed by atoms with Gasteiger partial charge >= 0.3 is 6.09 Å². The molecule has 0 bridgehead atoms. The first-order valence-corrected chi connectivity index (χ1v) is 10.0. The highest BCUT2D eigenvalue weighted by Crippen LogP contribution is 2.31. The Balaban J connectivity index is 2.09. The lowest BCUT2D eigenvalue weighted by molar-refractivity contribution is 0.0761. The van der Waals surface area contributed by atoms with Gasteiger partial charge in [0.1, 0.15) is 6.61 Å². The standard InChI is InChI=1S/C17H26N2O4S/c1-5-15-16(18(3)24(4,21)22)11-13(2)19(15)17(20)23-12-14-9-7-6-8-10-14/h6-10,13,15-16H,5,11-12H2,1-4H3/t13-,15+,16+/m1/s1. The summed E-state index contributed by atoms with van der Waals surface area (Å²) in [4.78, 5) is 14.2. The summed E-state index contributed by atoms with van der Waals surface area (Å²) in [6.45, 7) is 4.11. The number of nitrogens with zero attached hydrogens (tertiary/aromatic N) is 2. The minimum absolute atomic E-state index is 0.0626. The lowest BCUT2D eigenvalue weighted by Gasteiger charge is -2.31. The Labute approximate surface area is 144 Å². The first-order chi connectivity index (χ1) is 11.3. The molecular formula is C17H26N2O4S. The minimum atomic E-state index is -3.30. The van der Waals surface area contributed by atoms with Crippen molar-refractivity contribution in [3.05, 3.63) is 35.9 Å². The van der Waals surface area contributed by atoms with Crippen molar-refractivity contribution in [2.24, 2.45) is 0 Å². The largest absolute Gasteiger partial charge is 0.445 e. The van der Waals surface area contributed by atoms with Gasteiger partial charge in [-0.2, -0.15) is 0 Å². The number of hydrogen-bond acceptors (Lipinski definition) is 4. The van der Waals surface area contributed by atoms with E-state index in [4.69, 9.17) is 4.74 Å². The quantitative estimate of drug-likeness (QED) is 0.815. The molecule has 1 heterocycles. The number of benzene rings is 1. The normalized spacial score (nSPS) is 24.4. The molecule has 1 aromatic carbocycles. The summed E-state index contributed by atoms with van der Waals surface area (Å²) < 4.78 is 30.6. The number of likely N-dealkylation sites (tertiary alicyclic amines) is 1. The number of hydrogen-bond donors (Lipinski definition) is 0. The fraction of sp³-hybridized carbons (Fsp3) is 0.588. The Morgan fingerprint density at radius 2 is 1.96 bits per heavy atom. The maximum atomic E-state index is 12.6. The molecule has 0 spiro atoms. The molecule has 1 fully saturated rings. The van der Waals surface area contributed by atoms with Gasteiger partial charge in [0.2, 0.25) is 10.0 Å². The predicted octanol–water partition coefficient (Wildman–Crippen LogP) is 2.46. The van der Waals surface area contributed by atoms with E-state index in [2.05, 4.69) is 0 Å². The van der Waals surface area contributed by atoms with Crippen molar-refractivity contribution < 1.29 is 17.9 Å². The number of carbonyl (C=O) groups is 1. The van der Waals surface area contributed by atoms with E-state index in [0.717, 1.165) is 5.56 Å². The molecule has 1 aliphatic rings. The van der Waals surface area contributed by atoms with Gasteiger partial charge in [0.15, 0.2) is 0 Å². The first-order valence-electron chi connectivity index (χ1n) is 8.17. The highest BCUT2D eigenvalue weighted by molar-refractivity contribution is 7.88. The monoisotopic (exact) mass is 354 g/mol. The highest BCUT2D eigenvalue weighted by atomic mass is 32.2. The maximum Gasteiger partial charge on any atom is 0.410 e. The summed E-state index contributed by atoms with van der Waals surface area (Å²) >= 11 is 0. The van der Waals surface area contributed by atoms with Crippen LogP contribution in [-0.2, 0) is 21.4 Å². The fourth-order valence-corrected chi connectivity index (χ4v) is 4.07. The van der Waals surface area contributed by atoms with Crippen LogP contribution in [0.5, 0.6) is 0 Å². The van der Waals surface area contributed by atoms with Crippen molar-refractivity contribution in [2.45, 2.75) is 51.4 Å². The van der Waals surface area contributed by atoms with Crippen molar-refractivity contribution >= 4 is 16.1 Å². The van der Waals surface area contributed by atoms with Crippen LogP contribution in [0.1, 0.15) is 32.3 Å². The first kappa shape index (κ1) is 18.7. The van der Waals surface area contributed by atoms with Crippen LogP contribution < -0.4 is 0 Å². The molecule has 0 N–H and O–H groups in total. The average molecular weight is 354 g/mol. The van der Waals surface area contributed by atoms with E-state index in [9.17, 15) is 13.2 Å². The Kier molecular flexibility index (Phi) is 5.87. The third-order valence-electron chi connectivity index (χ3n) is 4.68. The summed E-state index contributed by atoms with van der Waals surface area (Å²) in [5.74, 6) is 0. The van der Waals surface area contributed by atoms with Crippen LogP contribution in [0.15, 0.2) is 30.3 Å². The van der Waals surface area contributed by atoms with Gasteiger partial charge in [0, 0.05) is 19.1 Å². The van der Waals surface area contributed by atoms with Crippen LogP contribution in [0.25, 0.3) is 0 Å². The molecule has 1 amide bonds. The number of amides is 1. The van der Waals surface area contributed by atoms with Crippen LogP contribution in [0, 0.1) is 0 Å². The average Bonchev–Trinajstić information content (AvgIpc) is 2.88. The van der Waals surface area contributed by atoms with Gasteiger partial charge in [0.25, 0.3) is 0 Å². The number of rotatable bonds is 5. The Bertz CT molecular complexity index is 662. The van der Waals surface area contributed by atoms with Gasteiger partial charge < -0.3 is 9.64 Å². The van der Waals surface area contributed by atoms with Crippen LogP contribution in [0.3, 0.4) is 0 Å². The summed E-state index contributed by atoms with van der Waals surface area (Å²) in [6, 6.07) is 9.05. The molecule has 0 unspecified atom stereocenters. The summed E-state index contributed by atoms with van der Waals surface area (Å²) in [7, 11) is -1.72. The van der Waals surface area contributed by atoms with E-state index in [1.807, 2.05) is 44.2 Å². The smallest absolute Gasteiger partial charge is 0.410 e. The molecule has 7 heteroatoms. The van der Waals surface area contributed by atoms with Crippen molar-refractivity contribution in [1.82, 2.24) is 9.21 Å². The van der Waals surface area contributed by atoms with E-state index in [0.29, 0.717) is 12.8 Å². The molecule has 2 rings (SSSR count). The summed E-state index contributed by atoms with van der Waals surface area (Å²) in [6.07, 6.45) is 2.10. The number of carbonyl (C=O) groups excluding carboxylic acids is 1. The molecule has 0 aliphatic carbocycles. The Morgan fingerprint density at radius 3 is 2.50 bits per heavy atom. The third-order valence-corrected chi connectivity index (χ3v) is 6.00. The zero-order valence-corrected chi connectivity index (χ0v) is 15.5. The zero-order chi connectivity index (χ0) is 17.9. The summed E-state index contributed by atoms with van der Waals surface area (Å²) in [5, 5.41) is 0. The second-order valence-corrected chi connectivity index (χ2v) is 8.40. The van der Waals surface area contributed by atoms with E-state index in [1.54, 1.807) is 11.9 Å². The van der Waals surface area contributed by atoms with Gasteiger partial charge in [-0.05, 0) is 25.3 Å². The van der Waals surface area contributed by atoms with Crippen LogP contribution in [0.2, 0.25) is 0 Å². The molecule has 1 saturated heterocycles. The minimum Gasteiger partial charge on any atom is -0.445 e. The highest BCUT2D eigenvalue weighted by Gasteiger charge is 2.45. The van der Waals surface area contributed by atoms with E-state index in [1.165, 1.54) is 10.6 Å². The second-order valence-electron chi connectivity index (χ2n) is 6.35. The van der Waals surface area contributed by atoms with Gasteiger partial charge in [-0.15, -0.1) is 0 Å². The van der Waals surface area contributed by atoms with E-state index < -0.39 is 10.0 Å². The van der Waals surface area contributed by atoms with Crippen molar-refractivity contribution in [3.63, 3.8) is 0 Å². The second kappa shape index (κ2) is 7.53. The lowest BCUT2D eigenvalue weighted by atomic mass is 10.1.